The number of fused-ring (bicyclic) bond motifs is 1. The average Bonchev–Trinajstić information content (AvgIpc) is 3.11. The minimum atomic E-state index is -0.00831. The molecule has 148 valence electrons. The van der Waals surface area contributed by atoms with Crippen molar-refractivity contribution in [2.75, 3.05) is 33.8 Å². The topological polar surface area (TPSA) is 80.6 Å². The van der Waals surface area contributed by atoms with E-state index in [1.807, 2.05) is 22.7 Å². The second kappa shape index (κ2) is 7.61. The van der Waals surface area contributed by atoms with Gasteiger partial charge in [-0.05, 0) is 31.4 Å². The first-order valence-electron chi connectivity index (χ1n) is 9.69. The monoisotopic (exact) mass is 383 g/mol. The molecule has 2 aromatic rings. The zero-order valence-electron chi connectivity index (χ0n) is 16.3. The highest BCUT2D eigenvalue weighted by molar-refractivity contribution is 5.94. The van der Waals surface area contributed by atoms with Crippen LogP contribution in [-0.2, 0) is 6.54 Å². The van der Waals surface area contributed by atoms with E-state index in [4.69, 9.17) is 9.84 Å². The van der Waals surface area contributed by atoms with Gasteiger partial charge < -0.3 is 14.5 Å². The number of methoxy groups -OCH3 is 1. The maximum Gasteiger partial charge on any atom is 0.271 e. The molecule has 4 heterocycles. The van der Waals surface area contributed by atoms with Gasteiger partial charge in [0.05, 0.1) is 18.4 Å². The van der Waals surface area contributed by atoms with Crippen LogP contribution in [0.5, 0.6) is 5.88 Å². The van der Waals surface area contributed by atoms with E-state index in [0.29, 0.717) is 30.2 Å². The fraction of sp³-hybridized carbons (Fsp3) is 0.500. The van der Waals surface area contributed by atoms with Gasteiger partial charge in [0.25, 0.3) is 11.8 Å². The molecule has 0 radical (unpaired) electrons. The average molecular weight is 383 g/mol. The molecule has 0 unspecified atom stereocenters. The predicted molar refractivity (Wildman–Crippen MR) is 102 cm³/mol. The molecule has 0 spiro atoms. The van der Waals surface area contributed by atoms with Crippen LogP contribution in [0.3, 0.4) is 0 Å². The summed E-state index contributed by atoms with van der Waals surface area (Å²) in [5.41, 5.74) is 2.22. The predicted octanol–water partition coefficient (Wildman–Crippen LogP) is 1.78. The van der Waals surface area contributed by atoms with Crippen LogP contribution in [0.4, 0.5) is 0 Å². The molecule has 28 heavy (non-hydrogen) atoms. The largest absolute Gasteiger partial charge is 0.481 e. The van der Waals surface area contributed by atoms with Crippen LogP contribution in [0.15, 0.2) is 24.4 Å². The van der Waals surface area contributed by atoms with E-state index in [9.17, 15) is 9.59 Å². The van der Waals surface area contributed by atoms with Crippen molar-refractivity contribution in [3.05, 3.63) is 41.3 Å². The van der Waals surface area contributed by atoms with E-state index in [0.717, 1.165) is 38.0 Å². The van der Waals surface area contributed by atoms with Crippen LogP contribution >= 0.6 is 0 Å². The number of aryl methyl sites for hydroxylation is 1. The molecule has 0 saturated carbocycles. The van der Waals surface area contributed by atoms with Crippen molar-refractivity contribution >= 4 is 11.8 Å². The molecular formula is C20H25N5O3. The Bertz CT molecular complexity index is 868. The number of hydrogen-bond acceptors (Lipinski definition) is 5. The molecule has 2 amide bonds. The van der Waals surface area contributed by atoms with Gasteiger partial charge in [0.15, 0.2) is 0 Å². The number of likely N-dealkylation sites (tertiary alicyclic amines) is 1. The Kier molecular flexibility index (Phi) is 5.02. The van der Waals surface area contributed by atoms with E-state index in [-0.39, 0.29) is 17.7 Å². The minimum absolute atomic E-state index is 0.00831. The van der Waals surface area contributed by atoms with Crippen LogP contribution in [0.2, 0.25) is 0 Å². The number of amides is 2. The number of ether oxygens (including phenoxy) is 1. The van der Waals surface area contributed by atoms with Crippen molar-refractivity contribution in [2.45, 2.75) is 31.7 Å². The summed E-state index contributed by atoms with van der Waals surface area (Å²) in [4.78, 5) is 32.9. The molecule has 2 aliphatic heterocycles. The van der Waals surface area contributed by atoms with Crippen LogP contribution in [0.1, 0.15) is 51.7 Å². The van der Waals surface area contributed by atoms with Gasteiger partial charge in [-0.3, -0.25) is 14.3 Å². The smallest absolute Gasteiger partial charge is 0.271 e. The van der Waals surface area contributed by atoms with E-state index in [1.54, 1.807) is 30.3 Å². The van der Waals surface area contributed by atoms with Crippen molar-refractivity contribution in [1.82, 2.24) is 24.6 Å². The van der Waals surface area contributed by atoms with Crippen molar-refractivity contribution < 1.29 is 14.3 Å². The SMILES string of the molecule is COc1ccc(C(=O)N2CCC(c3cc4n(n3)CCCN(C)C4=O)CC2)cn1. The van der Waals surface area contributed by atoms with Gasteiger partial charge >= 0.3 is 0 Å². The van der Waals surface area contributed by atoms with E-state index < -0.39 is 0 Å². The summed E-state index contributed by atoms with van der Waals surface area (Å²) in [6, 6.07) is 5.39. The highest BCUT2D eigenvalue weighted by Crippen LogP contribution is 2.29. The van der Waals surface area contributed by atoms with E-state index in [2.05, 4.69) is 4.98 Å². The molecule has 1 saturated heterocycles. The highest BCUT2D eigenvalue weighted by Gasteiger charge is 2.29. The first kappa shape index (κ1) is 18.5. The van der Waals surface area contributed by atoms with Crippen LogP contribution in [-0.4, -0.2) is 70.2 Å². The molecule has 2 aliphatic rings. The maximum atomic E-state index is 12.7. The third-order valence-corrected chi connectivity index (χ3v) is 5.62. The molecule has 0 atom stereocenters. The standard InChI is InChI=1S/C20H25N5O3/c1-23-8-3-9-25-17(20(23)27)12-16(22-25)14-6-10-24(11-7-14)19(26)15-4-5-18(28-2)21-13-15/h4-5,12-14H,3,6-11H2,1-2H3. The number of hydrogen-bond donors (Lipinski definition) is 0. The lowest BCUT2D eigenvalue weighted by molar-refractivity contribution is 0.0711. The Balaban J connectivity index is 1.41. The van der Waals surface area contributed by atoms with Crippen molar-refractivity contribution in [2.24, 2.45) is 0 Å². The molecule has 0 bridgehead atoms. The minimum Gasteiger partial charge on any atom is -0.481 e. The molecule has 2 aromatic heterocycles. The van der Waals surface area contributed by atoms with Gasteiger partial charge in [-0.1, -0.05) is 0 Å². The lowest BCUT2D eigenvalue weighted by Gasteiger charge is -2.31. The quantitative estimate of drug-likeness (QED) is 0.807. The summed E-state index contributed by atoms with van der Waals surface area (Å²) in [6.07, 6.45) is 4.16. The number of carbonyl (C=O) groups is 2. The summed E-state index contributed by atoms with van der Waals surface area (Å²) >= 11 is 0. The van der Waals surface area contributed by atoms with Gasteiger partial charge in [-0.2, -0.15) is 5.10 Å². The van der Waals surface area contributed by atoms with Crippen LogP contribution in [0, 0.1) is 0 Å². The molecule has 0 N–H and O–H groups in total. The van der Waals surface area contributed by atoms with Crippen LogP contribution in [0.25, 0.3) is 0 Å². The van der Waals surface area contributed by atoms with Crippen molar-refractivity contribution in [3.8, 4) is 5.88 Å². The zero-order valence-corrected chi connectivity index (χ0v) is 16.3. The Hall–Kier alpha value is -2.90. The number of pyridine rings is 1. The number of piperidine rings is 1. The van der Waals surface area contributed by atoms with Gasteiger partial charge in [0.1, 0.15) is 5.69 Å². The fourth-order valence-electron chi connectivity index (χ4n) is 3.92. The molecular weight excluding hydrogens is 358 g/mol. The number of carbonyl (C=O) groups excluding carboxylic acids is 2. The first-order valence-corrected chi connectivity index (χ1v) is 9.69. The summed E-state index contributed by atoms with van der Waals surface area (Å²) in [5.74, 6) is 0.799. The third kappa shape index (κ3) is 3.46. The second-order valence-corrected chi connectivity index (χ2v) is 7.41. The molecule has 0 aromatic carbocycles. The Morgan fingerprint density at radius 3 is 2.64 bits per heavy atom. The molecule has 1 fully saturated rings. The Morgan fingerprint density at radius 2 is 1.96 bits per heavy atom. The first-order chi connectivity index (χ1) is 13.6. The lowest BCUT2D eigenvalue weighted by Crippen LogP contribution is -2.38. The van der Waals surface area contributed by atoms with Gasteiger partial charge in [0, 0.05) is 51.4 Å². The molecule has 4 rings (SSSR count). The lowest BCUT2D eigenvalue weighted by atomic mass is 9.93. The van der Waals surface area contributed by atoms with Gasteiger partial charge in [0.2, 0.25) is 5.88 Å². The maximum absolute atomic E-state index is 12.7. The number of nitrogens with zero attached hydrogens (tertiary/aromatic N) is 5. The Labute approximate surface area is 164 Å². The third-order valence-electron chi connectivity index (χ3n) is 5.62. The molecule has 8 nitrogen and oxygen atoms in total. The summed E-state index contributed by atoms with van der Waals surface area (Å²) in [7, 11) is 3.39. The van der Waals surface area contributed by atoms with Crippen molar-refractivity contribution in [3.63, 3.8) is 0 Å². The number of rotatable bonds is 3. The highest BCUT2D eigenvalue weighted by atomic mass is 16.5. The van der Waals surface area contributed by atoms with Gasteiger partial charge in [-0.25, -0.2) is 4.98 Å². The fourth-order valence-corrected chi connectivity index (χ4v) is 3.92. The van der Waals surface area contributed by atoms with Crippen molar-refractivity contribution in [1.29, 1.82) is 0 Å². The Morgan fingerprint density at radius 1 is 1.18 bits per heavy atom. The number of aromatic nitrogens is 3. The van der Waals surface area contributed by atoms with E-state index in [1.165, 1.54) is 0 Å². The molecule has 8 heteroatoms. The summed E-state index contributed by atoms with van der Waals surface area (Å²) in [5, 5.41) is 4.71. The zero-order chi connectivity index (χ0) is 19.7. The molecule has 0 aliphatic carbocycles. The summed E-state index contributed by atoms with van der Waals surface area (Å²) in [6.45, 7) is 2.88. The van der Waals surface area contributed by atoms with Crippen LogP contribution < -0.4 is 4.74 Å². The van der Waals surface area contributed by atoms with Gasteiger partial charge in [-0.15, -0.1) is 0 Å². The van der Waals surface area contributed by atoms with E-state index >= 15 is 0 Å². The summed E-state index contributed by atoms with van der Waals surface area (Å²) < 4.78 is 6.89. The second-order valence-electron chi connectivity index (χ2n) is 7.41. The normalized spacial score (nSPS) is 18.0.